The zero-order valence-corrected chi connectivity index (χ0v) is 6.06. The van der Waals surface area contributed by atoms with Gasteiger partial charge < -0.3 is 5.32 Å². The Bertz CT molecular complexity index is 96.7. The quantitative estimate of drug-likeness (QED) is 0.552. The van der Waals surface area contributed by atoms with Crippen LogP contribution in [0.5, 0.6) is 0 Å². The van der Waals surface area contributed by atoms with Gasteiger partial charge >= 0.3 is 0 Å². The van der Waals surface area contributed by atoms with Gasteiger partial charge in [-0.25, -0.2) is 0 Å². The van der Waals surface area contributed by atoms with E-state index in [9.17, 15) is 0 Å². The van der Waals surface area contributed by atoms with Gasteiger partial charge in [-0.3, -0.25) is 0 Å². The van der Waals surface area contributed by atoms with Crippen molar-refractivity contribution < 1.29 is 0 Å². The van der Waals surface area contributed by atoms with Crippen LogP contribution < -0.4 is 5.32 Å². The van der Waals surface area contributed by atoms with Gasteiger partial charge in [0.1, 0.15) is 0 Å². The molecule has 1 nitrogen and oxygen atoms in total. The Morgan fingerprint density at radius 1 is 1.67 bits per heavy atom. The normalized spacial score (nSPS) is 26.6. The van der Waals surface area contributed by atoms with E-state index in [1.807, 2.05) is 0 Å². The smallest absolute Gasteiger partial charge is 0.0135 e. The summed E-state index contributed by atoms with van der Waals surface area (Å²) < 4.78 is 0. The van der Waals surface area contributed by atoms with Crippen LogP contribution in [-0.2, 0) is 0 Å². The molecule has 1 unspecified atom stereocenters. The molecule has 0 spiro atoms. The zero-order chi connectivity index (χ0) is 6.53. The molecule has 0 aromatic carbocycles. The summed E-state index contributed by atoms with van der Waals surface area (Å²) in [6.45, 7) is 4.49. The van der Waals surface area contributed by atoms with Crippen LogP contribution in [-0.4, -0.2) is 13.1 Å². The van der Waals surface area contributed by atoms with Crippen LogP contribution in [0.3, 0.4) is 0 Å². The molecule has 0 fully saturated rings. The van der Waals surface area contributed by atoms with E-state index in [0.29, 0.717) is 0 Å². The third-order valence-corrected chi connectivity index (χ3v) is 1.74. The standard InChI is InChI=1S/C8H15N/c1-2-4-8-5-3-6-9-7-8/h3,5,8-9H,2,4,6-7H2,1H3. The minimum atomic E-state index is 0.809. The van der Waals surface area contributed by atoms with E-state index in [4.69, 9.17) is 0 Å². The van der Waals surface area contributed by atoms with Gasteiger partial charge in [0.15, 0.2) is 0 Å². The summed E-state index contributed by atoms with van der Waals surface area (Å²) in [6, 6.07) is 0. The Morgan fingerprint density at radius 3 is 3.11 bits per heavy atom. The van der Waals surface area contributed by atoms with Crippen molar-refractivity contribution in [2.24, 2.45) is 5.92 Å². The number of hydrogen-bond donors (Lipinski definition) is 1. The summed E-state index contributed by atoms with van der Waals surface area (Å²) in [6.07, 6.45) is 7.20. The van der Waals surface area contributed by atoms with Crippen molar-refractivity contribution >= 4 is 0 Å². The van der Waals surface area contributed by atoms with Crippen molar-refractivity contribution in [1.82, 2.24) is 5.32 Å². The molecule has 0 aliphatic carbocycles. The minimum absolute atomic E-state index is 0.809. The highest BCUT2D eigenvalue weighted by Crippen LogP contribution is 2.08. The van der Waals surface area contributed by atoms with Crippen molar-refractivity contribution in [2.75, 3.05) is 13.1 Å². The second-order valence-electron chi connectivity index (χ2n) is 2.64. The summed E-state index contributed by atoms with van der Waals surface area (Å²) >= 11 is 0. The first-order valence-electron chi connectivity index (χ1n) is 3.81. The average molecular weight is 125 g/mol. The van der Waals surface area contributed by atoms with E-state index in [2.05, 4.69) is 24.4 Å². The summed E-state index contributed by atoms with van der Waals surface area (Å²) in [5, 5.41) is 3.33. The summed E-state index contributed by atoms with van der Waals surface area (Å²) in [5.74, 6) is 0.809. The van der Waals surface area contributed by atoms with Crippen LogP contribution in [0.2, 0.25) is 0 Å². The lowest BCUT2D eigenvalue weighted by atomic mass is 10.0. The molecule has 0 radical (unpaired) electrons. The van der Waals surface area contributed by atoms with Gasteiger partial charge in [-0.1, -0.05) is 25.5 Å². The molecule has 1 rings (SSSR count). The van der Waals surface area contributed by atoms with Crippen LogP contribution >= 0.6 is 0 Å². The van der Waals surface area contributed by atoms with Gasteiger partial charge in [0.25, 0.3) is 0 Å². The van der Waals surface area contributed by atoms with Gasteiger partial charge in [-0.15, -0.1) is 0 Å². The third-order valence-electron chi connectivity index (χ3n) is 1.74. The second kappa shape index (κ2) is 3.67. The molecule has 1 aliphatic rings. The molecule has 0 aromatic heterocycles. The largest absolute Gasteiger partial charge is 0.313 e. The SMILES string of the molecule is CCCC1C=CCNC1. The summed E-state index contributed by atoms with van der Waals surface area (Å²) in [5.41, 5.74) is 0. The lowest BCUT2D eigenvalue weighted by molar-refractivity contribution is 0.516. The van der Waals surface area contributed by atoms with E-state index in [1.54, 1.807) is 0 Å². The Labute approximate surface area is 57.1 Å². The molecule has 1 heteroatoms. The van der Waals surface area contributed by atoms with Gasteiger partial charge in [0, 0.05) is 13.1 Å². The molecule has 0 aromatic rings. The monoisotopic (exact) mass is 125 g/mol. The first-order chi connectivity index (χ1) is 4.43. The van der Waals surface area contributed by atoms with Crippen LogP contribution in [0.1, 0.15) is 19.8 Å². The lowest BCUT2D eigenvalue weighted by Gasteiger charge is -2.15. The Hall–Kier alpha value is -0.300. The van der Waals surface area contributed by atoms with Gasteiger partial charge in [-0.05, 0) is 12.3 Å². The van der Waals surface area contributed by atoms with Crippen molar-refractivity contribution in [2.45, 2.75) is 19.8 Å². The highest BCUT2D eigenvalue weighted by atomic mass is 14.9. The van der Waals surface area contributed by atoms with E-state index in [-0.39, 0.29) is 0 Å². The lowest BCUT2D eigenvalue weighted by Crippen LogP contribution is -2.25. The molecule has 0 saturated heterocycles. The minimum Gasteiger partial charge on any atom is -0.313 e. The van der Waals surface area contributed by atoms with Crippen molar-refractivity contribution in [3.8, 4) is 0 Å². The molecule has 1 heterocycles. The van der Waals surface area contributed by atoms with Gasteiger partial charge in [0.05, 0.1) is 0 Å². The second-order valence-corrected chi connectivity index (χ2v) is 2.64. The highest BCUT2D eigenvalue weighted by Gasteiger charge is 2.04. The molecular weight excluding hydrogens is 110 g/mol. The van der Waals surface area contributed by atoms with Gasteiger partial charge in [0.2, 0.25) is 0 Å². The van der Waals surface area contributed by atoms with E-state index < -0.39 is 0 Å². The molecule has 52 valence electrons. The predicted octanol–water partition coefficient (Wildman–Crippen LogP) is 1.56. The molecule has 1 atom stereocenters. The van der Waals surface area contributed by atoms with E-state index in [1.165, 1.54) is 19.4 Å². The van der Waals surface area contributed by atoms with Crippen molar-refractivity contribution in [3.05, 3.63) is 12.2 Å². The molecular formula is C8H15N. The van der Waals surface area contributed by atoms with Crippen molar-refractivity contribution in [3.63, 3.8) is 0 Å². The fourth-order valence-corrected chi connectivity index (χ4v) is 1.25. The molecule has 1 N–H and O–H groups in total. The summed E-state index contributed by atoms with van der Waals surface area (Å²) in [7, 11) is 0. The maximum absolute atomic E-state index is 3.33. The predicted molar refractivity (Wildman–Crippen MR) is 40.4 cm³/mol. The highest BCUT2D eigenvalue weighted by molar-refractivity contribution is 4.95. The Kier molecular flexibility index (Phi) is 2.78. The topological polar surface area (TPSA) is 12.0 Å². The van der Waals surface area contributed by atoms with Crippen LogP contribution in [0.4, 0.5) is 0 Å². The van der Waals surface area contributed by atoms with E-state index >= 15 is 0 Å². The summed E-state index contributed by atoms with van der Waals surface area (Å²) in [4.78, 5) is 0. The van der Waals surface area contributed by atoms with E-state index in [0.717, 1.165) is 12.5 Å². The van der Waals surface area contributed by atoms with Crippen LogP contribution in [0.15, 0.2) is 12.2 Å². The molecule has 0 bridgehead atoms. The van der Waals surface area contributed by atoms with Crippen LogP contribution in [0.25, 0.3) is 0 Å². The Balaban J connectivity index is 2.23. The fourth-order valence-electron chi connectivity index (χ4n) is 1.25. The first kappa shape index (κ1) is 6.81. The van der Waals surface area contributed by atoms with Crippen molar-refractivity contribution in [1.29, 1.82) is 0 Å². The zero-order valence-electron chi connectivity index (χ0n) is 6.06. The maximum atomic E-state index is 3.33. The molecule has 9 heavy (non-hydrogen) atoms. The average Bonchev–Trinajstić information content (AvgIpc) is 1.91. The first-order valence-corrected chi connectivity index (χ1v) is 3.81. The molecule has 1 aliphatic heterocycles. The van der Waals surface area contributed by atoms with Crippen LogP contribution in [0, 0.1) is 5.92 Å². The number of hydrogen-bond acceptors (Lipinski definition) is 1. The third kappa shape index (κ3) is 2.19. The van der Waals surface area contributed by atoms with Gasteiger partial charge in [-0.2, -0.15) is 0 Å². The number of nitrogens with one attached hydrogen (secondary N) is 1. The maximum Gasteiger partial charge on any atom is 0.0135 e. The molecule has 0 saturated carbocycles. The Morgan fingerprint density at radius 2 is 2.56 bits per heavy atom. The number of rotatable bonds is 2. The fraction of sp³-hybridized carbons (Fsp3) is 0.750. The molecule has 0 amide bonds.